The molecule has 0 spiro atoms. The molecule has 0 radical (unpaired) electrons. The molecule has 0 bridgehead atoms. The number of rotatable bonds is 9. The van der Waals surface area contributed by atoms with E-state index in [4.69, 9.17) is 0 Å². The lowest BCUT2D eigenvalue weighted by Crippen LogP contribution is -2.37. The topological polar surface area (TPSA) is 74.5 Å². The number of hydrogen-bond donors (Lipinski definition) is 3. The van der Waals surface area contributed by atoms with E-state index in [1.807, 2.05) is 103 Å². The molecule has 1 atom stereocenters. The van der Waals surface area contributed by atoms with Gasteiger partial charge < -0.3 is 20.1 Å². The molecule has 0 aliphatic rings. The molecule has 5 heteroatoms. The molecule has 6 rings (SSSR count). The van der Waals surface area contributed by atoms with Crippen molar-refractivity contribution in [3.05, 3.63) is 179 Å². The van der Waals surface area contributed by atoms with Crippen molar-refractivity contribution < 1.29 is 15.0 Å². The summed E-state index contributed by atoms with van der Waals surface area (Å²) in [7, 11) is 1.61. The Morgan fingerprint density at radius 2 is 1.21 bits per heavy atom. The Morgan fingerprint density at radius 1 is 0.674 bits per heavy atom. The van der Waals surface area contributed by atoms with E-state index < -0.39 is 11.1 Å². The number of benzene rings is 5. The van der Waals surface area contributed by atoms with Crippen molar-refractivity contribution in [1.82, 2.24) is 9.88 Å². The Balaban J connectivity index is 1.53. The highest BCUT2D eigenvalue weighted by Gasteiger charge is 2.40. The van der Waals surface area contributed by atoms with Crippen molar-refractivity contribution in [2.75, 3.05) is 13.7 Å². The number of carbonyl (C=O) groups is 1. The summed E-state index contributed by atoms with van der Waals surface area (Å²) in [6.45, 7) is -0.198. The van der Waals surface area contributed by atoms with E-state index in [-0.39, 0.29) is 18.9 Å². The van der Waals surface area contributed by atoms with Crippen LogP contribution in [-0.2, 0) is 11.1 Å². The molecule has 0 saturated carbocycles. The zero-order valence-electron chi connectivity index (χ0n) is 24.0. The predicted molar refractivity (Wildman–Crippen MR) is 171 cm³/mol. The van der Waals surface area contributed by atoms with Crippen molar-refractivity contribution in [1.29, 1.82) is 0 Å². The van der Waals surface area contributed by atoms with Gasteiger partial charge in [0.1, 0.15) is 11.1 Å². The lowest BCUT2D eigenvalue weighted by atomic mass is 9.76. The standard InChI is InChI=1S/C38H34N2O3/c1-39-36(42)30-18-17-29-26-34(20-19-28(29)25-30)37(43,22-24-41)35-21-23-40(27-35)38(31-11-5-2-6-12-31,32-13-7-3-8-14-32)33-15-9-4-10-16-33/h2-21,23,25-27,41,43H,22,24H2,1H3,(H,39,42)/t37-/m0/s1. The third kappa shape index (κ3) is 4.93. The van der Waals surface area contributed by atoms with Crippen LogP contribution in [0.15, 0.2) is 146 Å². The molecule has 3 N–H and O–H groups in total. The average molecular weight is 567 g/mol. The van der Waals surface area contributed by atoms with Crippen LogP contribution in [0.2, 0.25) is 0 Å². The van der Waals surface area contributed by atoms with Crippen LogP contribution in [-0.4, -0.2) is 34.3 Å². The Morgan fingerprint density at radius 3 is 1.74 bits per heavy atom. The van der Waals surface area contributed by atoms with Gasteiger partial charge >= 0.3 is 0 Å². The van der Waals surface area contributed by atoms with Gasteiger partial charge in [0, 0.05) is 43.6 Å². The van der Waals surface area contributed by atoms with Gasteiger partial charge in [-0.05, 0) is 57.3 Å². The van der Waals surface area contributed by atoms with Crippen molar-refractivity contribution >= 4 is 16.7 Å². The highest BCUT2D eigenvalue weighted by atomic mass is 16.3. The Labute approximate surface area is 251 Å². The van der Waals surface area contributed by atoms with E-state index in [1.165, 1.54) is 0 Å². The van der Waals surface area contributed by atoms with Gasteiger partial charge in [0.15, 0.2) is 0 Å². The van der Waals surface area contributed by atoms with Crippen LogP contribution in [0.3, 0.4) is 0 Å². The summed E-state index contributed by atoms with van der Waals surface area (Å²) >= 11 is 0. The van der Waals surface area contributed by atoms with Gasteiger partial charge in [-0.2, -0.15) is 0 Å². The molecule has 1 amide bonds. The van der Waals surface area contributed by atoms with E-state index >= 15 is 0 Å². The summed E-state index contributed by atoms with van der Waals surface area (Å²) in [6, 6.07) is 44.3. The highest BCUT2D eigenvalue weighted by molar-refractivity contribution is 5.98. The van der Waals surface area contributed by atoms with E-state index in [0.717, 1.165) is 27.5 Å². The van der Waals surface area contributed by atoms with Gasteiger partial charge in [-0.1, -0.05) is 109 Å². The van der Waals surface area contributed by atoms with E-state index in [9.17, 15) is 15.0 Å². The summed E-state index contributed by atoms with van der Waals surface area (Å²) in [4.78, 5) is 12.2. The largest absolute Gasteiger partial charge is 0.396 e. The normalized spacial score (nSPS) is 13.0. The van der Waals surface area contributed by atoms with E-state index in [1.54, 1.807) is 13.1 Å². The fraction of sp³-hybridized carbons (Fsp3) is 0.132. The summed E-state index contributed by atoms with van der Waals surface area (Å²) in [5.74, 6) is -0.150. The molecule has 5 nitrogen and oxygen atoms in total. The number of aliphatic hydroxyl groups is 2. The second kappa shape index (κ2) is 11.7. The number of aromatic nitrogens is 1. The molecule has 1 aromatic heterocycles. The first-order valence-corrected chi connectivity index (χ1v) is 14.5. The molecule has 1 heterocycles. The second-order valence-electron chi connectivity index (χ2n) is 10.8. The van der Waals surface area contributed by atoms with Crippen molar-refractivity contribution in [2.24, 2.45) is 0 Å². The Kier molecular flexibility index (Phi) is 7.68. The van der Waals surface area contributed by atoms with Crippen molar-refractivity contribution in [3.8, 4) is 0 Å². The van der Waals surface area contributed by atoms with Gasteiger partial charge in [-0.25, -0.2) is 0 Å². The van der Waals surface area contributed by atoms with E-state index in [0.29, 0.717) is 16.7 Å². The second-order valence-corrected chi connectivity index (χ2v) is 10.8. The third-order valence-corrected chi connectivity index (χ3v) is 8.41. The molecule has 214 valence electrons. The first kappa shape index (κ1) is 28.2. The average Bonchev–Trinajstić information content (AvgIpc) is 3.57. The highest BCUT2D eigenvalue weighted by Crippen LogP contribution is 2.43. The summed E-state index contributed by atoms with van der Waals surface area (Å²) in [6.07, 6.45) is 4.14. The van der Waals surface area contributed by atoms with E-state index in [2.05, 4.69) is 46.3 Å². The first-order chi connectivity index (χ1) is 21.0. The molecule has 43 heavy (non-hydrogen) atoms. The number of nitrogens with one attached hydrogen (secondary N) is 1. The number of amides is 1. The van der Waals surface area contributed by atoms with Crippen LogP contribution in [0.5, 0.6) is 0 Å². The van der Waals surface area contributed by atoms with Crippen LogP contribution >= 0.6 is 0 Å². The molecular weight excluding hydrogens is 532 g/mol. The Bertz CT molecular complexity index is 1750. The van der Waals surface area contributed by atoms with Crippen LogP contribution in [0.25, 0.3) is 10.8 Å². The molecule has 0 unspecified atom stereocenters. The predicted octanol–water partition coefficient (Wildman–Crippen LogP) is 6.46. The van der Waals surface area contributed by atoms with Crippen LogP contribution in [0.4, 0.5) is 0 Å². The maximum atomic E-state index is 12.3. The lowest BCUT2D eigenvalue weighted by Gasteiger charge is -2.38. The van der Waals surface area contributed by atoms with Gasteiger partial charge in [0.25, 0.3) is 5.91 Å². The minimum absolute atomic E-state index is 0.119. The monoisotopic (exact) mass is 566 g/mol. The van der Waals surface area contributed by atoms with Crippen LogP contribution < -0.4 is 5.32 Å². The maximum absolute atomic E-state index is 12.3. The zero-order valence-corrected chi connectivity index (χ0v) is 24.0. The van der Waals surface area contributed by atoms with Crippen LogP contribution in [0.1, 0.15) is 44.6 Å². The lowest BCUT2D eigenvalue weighted by molar-refractivity contribution is 0.0509. The molecule has 5 aromatic carbocycles. The Hall–Kier alpha value is -4.97. The molecule has 0 saturated heterocycles. The first-order valence-electron chi connectivity index (χ1n) is 14.5. The number of hydrogen-bond acceptors (Lipinski definition) is 3. The maximum Gasteiger partial charge on any atom is 0.251 e. The van der Waals surface area contributed by atoms with Gasteiger partial charge in [-0.3, -0.25) is 4.79 Å². The van der Waals surface area contributed by atoms with Crippen molar-refractivity contribution in [3.63, 3.8) is 0 Å². The summed E-state index contributed by atoms with van der Waals surface area (Å²) < 4.78 is 2.17. The zero-order chi connectivity index (χ0) is 29.9. The quantitative estimate of drug-likeness (QED) is 0.176. The molecule has 6 aromatic rings. The summed E-state index contributed by atoms with van der Waals surface area (Å²) in [5.41, 5.74) is 2.99. The molecule has 0 aliphatic carbocycles. The van der Waals surface area contributed by atoms with Crippen LogP contribution in [0, 0.1) is 0 Å². The molecular formula is C38H34N2O3. The minimum Gasteiger partial charge on any atom is -0.396 e. The number of carbonyl (C=O) groups excluding carboxylic acids is 1. The number of fused-ring (bicyclic) bond motifs is 1. The minimum atomic E-state index is -1.45. The fourth-order valence-corrected chi connectivity index (χ4v) is 6.24. The fourth-order valence-electron chi connectivity index (χ4n) is 6.24. The number of nitrogens with zero attached hydrogens (tertiary/aromatic N) is 1. The SMILES string of the molecule is CNC(=O)c1ccc2cc([C@@](O)(CCO)c3ccn(C(c4ccccc4)(c4ccccc4)c4ccccc4)c3)ccc2c1. The molecule has 0 fully saturated rings. The van der Waals surface area contributed by atoms with Gasteiger partial charge in [0.2, 0.25) is 0 Å². The van der Waals surface area contributed by atoms with Crippen molar-refractivity contribution in [2.45, 2.75) is 17.6 Å². The van der Waals surface area contributed by atoms with Gasteiger partial charge in [0.05, 0.1) is 0 Å². The van der Waals surface area contributed by atoms with Gasteiger partial charge in [-0.15, -0.1) is 0 Å². The molecule has 0 aliphatic heterocycles. The summed E-state index contributed by atoms with van der Waals surface area (Å²) in [5, 5.41) is 26.9. The number of aliphatic hydroxyl groups excluding tert-OH is 1. The third-order valence-electron chi connectivity index (χ3n) is 8.41. The smallest absolute Gasteiger partial charge is 0.251 e.